The van der Waals surface area contributed by atoms with Crippen molar-refractivity contribution in [3.63, 3.8) is 0 Å². The zero-order valence-corrected chi connectivity index (χ0v) is 25.5. The number of nitrogens with zero attached hydrogens (tertiary/aromatic N) is 1. The summed E-state index contributed by atoms with van der Waals surface area (Å²) in [5.74, 6) is 0.0813. The summed E-state index contributed by atoms with van der Waals surface area (Å²) in [5.41, 5.74) is 7.70. The molecular formula is C40H36FNO2. The van der Waals surface area contributed by atoms with Gasteiger partial charge in [0, 0.05) is 50.5 Å². The van der Waals surface area contributed by atoms with Gasteiger partial charge in [-0.1, -0.05) is 61.2 Å². The summed E-state index contributed by atoms with van der Waals surface area (Å²) in [7, 11) is 0. The summed E-state index contributed by atoms with van der Waals surface area (Å²) in [6.45, 7) is 6.96. The molecule has 1 saturated carbocycles. The summed E-state index contributed by atoms with van der Waals surface area (Å²) in [6.07, 6.45) is 6.23. The van der Waals surface area contributed by atoms with Crippen LogP contribution in [0, 0.1) is 32.5 Å². The molecule has 7 rings (SSSR count). The molecule has 0 N–H and O–H groups in total. The molecule has 0 amide bonds. The third-order valence-corrected chi connectivity index (χ3v) is 9.55. The fourth-order valence-electron chi connectivity index (χ4n) is 7.55. The van der Waals surface area contributed by atoms with Crippen molar-refractivity contribution in [2.75, 3.05) is 0 Å². The van der Waals surface area contributed by atoms with Crippen LogP contribution in [-0.4, -0.2) is 16.1 Å². The highest BCUT2D eigenvalue weighted by molar-refractivity contribution is 6.26. The molecule has 1 aliphatic rings. The van der Waals surface area contributed by atoms with Crippen LogP contribution in [0.4, 0.5) is 4.39 Å². The molecule has 5 aromatic carbocycles. The fourth-order valence-corrected chi connectivity index (χ4v) is 7.55. The van der Waals surface area contributed by atoms with E-state index >= 15 is 0 Å². The van der Waals surface area contributed by atoms with E-state index in [9.17, 15) is 14.0 Å². The van der Waals surface area contributed by atoms with Gasteiger partial charge in [-0.2, -0.15) is 0 Å². The van der Waals surface area contributed by atoms with Crippen molar-refractivity contribution in [3.05, 3.63) is 130 Å². The van der Waals surface area contributed by atoms with Gasteiger partial charge in [0.1, 0.15) is 5.82 Å². The molecule has 0 bridgehead atoms. The summed E-state index contributed by atoms with van der Waals surface area (Å²) in [4.78, 5) is 28.0. The van der Waals surface area contributed by atoms with Gasteiger partial charge in [0.05, 0.1) is 5.52 Å². The van der Waals surface area contributed by atoms with Gasteiger partial charge in [0.2, 0.25) is 0 Å². The standard InChI is InChI=1S/C40H36FNO2/c1-24-19-25(2)37(26(3)20-24)40(44)29-15-18-36-33(21-29)34-22-35(39(43)28-13-16-30(41)17-14-28)31-11-7-8-12-32(31)38(34)42(36)23-27-9-5-4-6-10-27/h7-8,11-22,27H,4-6,9-10,23H2,1-3H3. The first kappa shape index (κ1) is 28.2. The lowest BCUT2D eigenvalue weighted by atomic mass is 9.89. The van der Waals surface area contributed by atoms with Crippen LogP contribution < -0.4 is 0 Å². The van der Waals surface area contributed by atoms with Gasteiger partial charge >= 0.3 is 0 Å². The van der Waals surface area contributed by atoms with Gasteiger partial charge in [-0.15, -0.1) is 0 Å². The van der Waals surface area contributed by atoms with Gasteiger partial charge < -0.3 is 4.57 Å². The predicted octanol–water partition coefficient (Wildman–Crippen LogP) is 10.1. The van der Waals surface area contributed by atoms with E-state index in [0.29, 0.717) is 22.6 Å². The minimum atomic E-state index is -0.371. The molecule has 0 atom stereocenters. The van der Waals surface area contributed by atoms with E-state index in [4.69, 9.17) is 0 Å². The largest absolute Gasteiger partial charge is 0.340 e. The van der Waals surface area contributed by atoms with Crippen LogP contribution in [-0.2, 0) is 6.54 Å². The molecule has 1 aliphatic carbocycles. The smallest absolute Gasteiger partial charge is 0.193 e. The normalized spacial score (nSPS) is 14.1. The summed E-state index contributed by atoms with van der Waals surface area (Å²) >= 11 is 0. The number of hydrogen-bond donors (Lipinski definition) is 0. The Hall–Kier alpha value is -4.57. The van der Waals surface area contributed by atoms with Gasteiger partial charge in [-0.3, -0.25) is 9.59 Å². The van der Waals surface area contributed by atoms with Crippen molar-refractivity contribution in [2.45, 2.75) is 59.4 Å². The molecular weight excluding hydrogens is 545 g/mol. The maximum atomic E-state index is 14.0. The Kier molecular flexibility index (Phi) is 7.16. The van der Waals surface area contributed by atoms with E-state index < -0.39 is 0 Å². The molecule has 0 radical (unpaired) electrons. The van der Waals surface area contributed by atoms with Gasteiger partial charge in [0.25, 0.3) is 0 Å². The molecule has 4 heteroatoms. The number of fused-ring (bicyclic) bond motifs is 5. The molecule has 0 saturated heterocycles. The van der Waals surface area contributed by atoms with Crippen molar-refractivity contribution in [2.24, 2.45) is 5.92 Å². The summed E-state index contributed by atoms with van der Waals surface area (Å²) < 4.78 is 16.2. The average Bonchev–Trinajstić information content (AvgIpc) is 3.33. The number of aryl methyl sites for hydroxylation is 3. The molecule has 1 aromatic heterocycles. The molecule has 6 aromatic rings. The Morgan fingerprint density at radius 3 is 2.07 bits per heavy atom. The molecule has 0 unspecified atom stereocenters. The van der Waals surface area contributed by atoms with Crippen LogP contribution in [0.1, 0.15) is 80.6 Å². The van der Waals surface area contributed by atoms with Crippen molar-refractivity contribution >= 4 is 44.1 Å². The lowest BCUT2D eigenvalue weighted by molar-refractivity contribution is 0.103. The van der Waals surface area contributed by atoms with Crippen LogP contribution in [0.5, 0.6) is 0 Å². The second-order valence-electron chi connectivity index (χ2n) is 12.7. The number of rotatable bonds is 6. The first-order valence-corrected chi connectivity index (χ1v) is 15.7. The Balaban J connectivity index is 1.49. The van der Waals surface area contributed by atoms with Gasteiger partial charge in [0.15, 0.2) is 11.6 Å². The maximum absolute atomic E-state index is 14.0. The minimum Gasteiger partial charge on any atom is -0.340 e. The molecule has 0 spiro atoms. The maximum Gasteiger partial charge on any atom is 0.193 e. The molecule has 1 fully saturated rings. The number of carbonyl (C=O) groups excluding carboxylic acids is 2. The number of hydrogen-bond acceptors (Lipinski definition) is 2. The van der Waals surface area contributed by atoms with Crippen LogP contribution >= 0.6 is 0 Å². The molecule has 1 heterocycles. The third kappa shape index (κ3) is 4.83. The Labute approximate surface area is 257 Å². The van der Waals surface area contributed by atoms with Crippen molar-refractivity contribution in [3.8, 4) is 0 Å². The van der Waals surface area contributed by atoms with E-state index in [-0.39, 0.29) is 17.4 Å². The molecule has 44 heavy (non-hydrogen) atoms. The number of benzene rings is 5. The first-order chi connectivity index (χ1) is 21.3. The van der Waals surface area contributed by atoms with Crippen LogP contribution in [0.2, 0.25) is 0 Å². The number of halogens is 1. The van der Waals surface area contributed by atoms with E-state index in [2.05, 4.69) is 35.8 Å². The Morgan fingerprint density at radius 1 is 0.705 bits per heavy atom. The van der Waals surface area contributed by atoms with Crippen LogP contribution in [0.15, 0.2) is 84.9 Å². The SMILES string of the molecule is Cc1cc(C)c(C(=O)c2ccc3c(c2)c2cc(C(=O)c4ccc(F)cc4)c4ccccc4c2n3CC2CCCCC2)c(C)c1. The molecule has 220 valence electrons. The average molecular weight is 582 g/mol. The monoisotopic (exact) mass is 581 g/mol. The third-order valence-electron chi connectivity index (χ3n) is 9.55. The highest BCUT2D eigenvalue weighted by Gasteiger charge is 2.24. The second-order valence-corrected chi connectivity index (χ2v) is 12.7. The topological polar surface area (TPSA) is 39.1 Å². The lowest BCUT2D eigenvalue weighted by Gasteiger charge is -2.23. The number of carbonyl (C=O) groups is 2. The Morgan fingerprint density at radius 2 is 1.36 bits per heavy atom. The minimum absolute atomic E-state index is 0.0125. The zero-order valence-electron chi connectivity index (χ0n) is 25.5. The van der Waals surface area contributed by atoms with Crippen LogP contribution in [0.25, 0.3) is 32.6 Å². The van der Waals surface area contributed by atoms with Crippen molar-refractivity contribution in [1.82, 2.24) is 4.57 Å². The number of aromatic nitrogens is 1. The van der Waals surface area contributed by atoms with E-state index in [0.717, 1.165) is 61.4 Å². The highest BCUT2D eigenvalue weighted by Crippen LogP contribution is 2.39. The van der Waals surface area contributed by atoms with Crippen molar-refractivity contribution < 1.29 is 14.0 Å². The van der Waals surface area contributed by atoms with E-state index in [1.54, 1.807) is 12.1 Å². The highest BCUT2D eigenvalue weighted by atomic mass is 19.1. The van der Waals surface area contributed by atoms with Crippen LogP contribution in [0.3, 0.4) is 0 Å². The fraction of sp³-hybridized carbons (Fsp3) is 0.250. The lowest BCUT2D eigenvalue weighted by Crippen LogP contribution is -2.14. The number of ketones is 2. The summed E-state index contributed by atoms with van der Waals surface area (Å²) in [5, 5.41) is 3.83. The summed E-state index contributed by atoms with van der Waals surface area (Å²) in [6, 6.07) is 26.1. The quantitative estimate of drug-likeness (QED) is 0.184. The molecule has 3 nitrogen and oxygen atoms in total. The van der Waals surface area contributed by atoms with Gasteiger partial charge in [-0.05, 0) is 105 Å². The Bertz CT molecular complexity index is 2070. The molecule has 0 aliphatic heterocycles. The zero-order chi connectivity index (χ0) is 30.5. The first-order valence-electron chi connectivity index (χ1n) is 15.7. The predicted molar refractivity (Wildman–Crippen MR) is 177 cm³/mol. The van der Waals surface area contributed by atoms with E-state index in [1.165, 1.54) is 44.2 Å². The second kappa shape index (κ2) is 11.2. The van der Waals surface area contributed by atoms with E-state index in [1.807, 2.05) is 50.2 Å². The van der Waals surface area contributed by atoms with Gasteiger partial charge in [-0.25, -0.2) is 4.39 Å². The van der Waals surface area contributed by atoms with Crippen molar-refractivity contribution in [1.29, 1.82) is 0 Å².